The Morgan fingerprint density at radius 2 is 0.744 bits per heavy atom. The van der Waals surface area contributed by atoms with Gasteiger partial charge in [0.05, 0.1) is 51.4 Å². The van der Waals surface area contributed by atoms with E-state index in [2.05, 4.69) is 91.8 Å². The van der Waals surface area contributed by atoms with E-state index in [4.69, 9.17) is 0 Å². The summed E-state index contributed by atoms with van der Waals surface area (Å²) in [7, 11) is 1.83. The molecule has 6 aromatic carbocycles. The summed E-state index contributed by atoms with van der Waals surface area (Å²) in [6, 6.07) is 61.5. The molecule has 11 aromatic heterocycles. The average molecular weight is 1590 g/mol. The molecule has 11 heterocycles. The first-order chi connectivity index (χ1) is 58.8. The first-order valence-electron chi connectivity index (χ1n) is 38.7. The number of nitrogens with zero attached hydrogens (tertiary/aromatic N) is 15. The second-order valence-electron chi connectivity index (χ2n) is 28.6. The minimum absolute atomic E-state index is 0.00285. The third kappa shape index (κ3) is 16.2. The molecule has 3 N–H and O–H groups in total. The summed E-state index contributed by atoms with van der Waals surface area (Å²) in [6.45, 7) is 10.9. The molecule has 0 spiro atoms. The highest BCUT2D eigenvalue weighted by atomic mass is 16.2. The molecule has 0 unspecified atom stereocenters. The maximum atomic E-state index is 14.2. The number of para-hydroxylation sites is 3. The van der Waals surface area contributed by atoms with Crippen LogP contribution in [-0.4, -0.2) is 95.8 Å². The van der Waals surface area contributed by atoms with Gasteiger partial charge >= 0.3 is 0 Å². The van der Waals surface area contributed by atoms with Gasteiger partial charge in [-0.25, -0.2) is 33.5 Å². The molecule has 25 nitrogen and oxygen atoms in total. The minimum Gasteiger partial charge on any atom is -0.344 e. The average Bonchev–Trinajstić information content (AvgIpc) is 1.57. The van der Waals surface area contributed by atoms with Crippen molar-refractivity contribution in [1.82, 2.24) is 88.2 Å². The number of benzene rings is 6. The molecule has 0 fully saturated rings. The summed E-state index contributed by atoms with van der Waals surface area (Å²) in [5.41, 5.74) is 11.1. The number of ketones is 1. The molecule has 0 saturated carbocycles. The number of pyridine rings is 4. The highest BCUT2D eigenvalue weighted by molar-refractivity contribution is 6.03. The van der Waals surface area contributed by atoms with Crippen LogP contribution in [0, 0.1) is 56.3 Å². The summed E-state index contributed by atoms with van der Waals surface area (Å²) in [5, 5.41) is 30.3. The number of hydrogen-bond donors (Lipinski definition) is 3. The summed E-state index contributed by atoms with van der Waals surface area (Å²) in [5.74, 6) is 17.5. The van der Waals surface area contributed by atoms with E-state index < -0.39 is 18.1 Å². The van der Waals surface area contributed by atoms with E-state index in [0.717, 1.165) is 10.8 Å². The normalized spacial score (nSPS) is 12.3. The van der Waals surface area contributed by atoms with Gasteiger partial charge in [-0.2, -0.15) is 20.4 Å². The molecule has 3 amide bonds. The van der Waals surface area contributed by atoms with Crippen LogP contribution in [0.2, 0.25) is 0 Å². The number of allylic oxidation sites excluding steroid dienone is 4. The number of carbonyl (C=O) groups excluding carboxylic acids is 4. The molecule has 18 rings (SSSR count). The smallest absolute Gasteiger partial charge is 0.264 e. The Hall–Kier alpha value is -16.6. The van der Waals surface area contributed by atoms with E-state index in [1.54, 1.807) is 126 Å². The second-order valence-corrected chi connectivity index (χ2v) is 28.6. The lowest BCUT2D eigenvalue weighted by molar-refractivity contribution is -0.113. The summed E-state index contributed by atoms with van der Waals surface area (Å²) < 4.78 is 11.3. The van der Waals surface area contributed by atoms with Crippen LogP contribution in [0.3, 0.4) is 0 Å². The fourth-order valence-corrected chi connectivity index (χ4v) is 14.7. The van der Waals surface area contributed by atoms with Crippen LogP contribution in [-0.2, 0) is 11.8 Å². The van der Waals surface area contributed by atoms with Crippen molar-refractivity contribution in [2.75, 3.05) is 0 Å². The van der Waals surface area contributed by atoms with Crippen molar-refractivity contribution in [3.05, 3.63) is 390 Å². The van der Waals surface area contributed by atoms with Gasteiger partial charge in [0.15, 0.2) is 22.7 Å². The van der Waals surface area contributed by atoms with E-state index in [1.807, 2.05) is 222 Å². The van der Waals surface area contributed by atoms with Crippen LogP contribution in [0.5, 0.6) is 0 Å². The van der Waals surface area contributed by atoms with Crippen molar-refractivity contribution in [1.29, 1.82) is 0 Å². The van der Waals surface area contributed by atoms with Gasteiger partial charge in [-0.15, -0.1) is 0 Å². The Kier molecular flexibility index (Phi) is 22.1. The summed E-state index contributed by atoms with van der Waals surface area (Å²) in [4.78, 5) is 112. The third-order valence-electron chi connectivity index (χ3n) is 20.3. The van der Waals surface area contributed by atoms with Crippen LogP contribution in [0.25, 0.3) is 66.3 Å². The lowest BCUT2D eigenvalue weighted by atomic mass is 10.0. The number of nitrogens with one attached hydrogen (secondary N) is 3. The van der Waals surface area contributed by atoms with Crippen LogP contribution >= 0.6 is 0 Å². The molecule has 0 radical (unpaired) electrons. The maximum absolute atomic E-state index is 14.2. The van der Waals surface area contributed by atoms with E-state index >= 15 is 0 Å². The van der Waals surface area contributed by atoms with Gasteiger partial charge in [0.25, 0.3) is 34.4 Å². The Morgan fingerprint density at radius 3 is 1.10 bits per heavy atom. The zero-order valence-corrected chi connectivity index (χ0v) is 66.5. The van der Waals surface area contributed by atoms with E-state index in [1.165, 1.54) is 6.08 Å². The molecular formula is C96H74N18O7. The molecule has 121 heavy (non-hydrogen) atoms. The van der Waals surface area contributed by atoms with E-state index in [-0.39, 0.29) is 40.2 Å². The quantitative estimate of drug-likeness (QED) is 0.0958. The Balaban J connectivity index is 0.000000135. The standard InChI is InChI=1S/C33H25N5O3.C32H24N6O2.C31H25N7O2/c1-21(35-32(40)29-22(2)36-37-18-8-17-34-31(29)37)28-20-25-11-7-10-24(16-15-23-9-6-14-27(39)19-23)30(25)33(41)38(28)26-12-4-3-5-13-26;1-21(35-31(39)28-22(2)36-37-19-9-18-34-30(28)37)27-20-24-11-8-10-23(15-16-25-12-6-7-17-33-25)29(24)32(40)38(27)26-13-4-3-5-14-26;1-20(33-30(39)27-21(2)34-37-17-8-16-32-29(27)37)26-19-23-10-7-9-22(13-14-24-15-18-36(3)35-24)28(23)31(40)38(26)25-11-5-4-6-12-25/h3-13,17-21H,14H2,1-2H3,(H,35,40);3-14,17-21H,1-2H3,(H,35,39);4-12,15-20H,1-3H3,(H,33,39)/t2*21-;20-/m000/s1. The first kappa shape index (κ1) is 78.3. The van der Waals surface area contributed by atoms with Gasteiger partial charge in [-0.1, -0.05) is 127 Å². The molecule has 0 saturated heterocycles. The SMILES string of the molecule is Cc1nn2cccnc2c1C(=O)N[C@@H](C)c1cc2cccc(C#CC3=CC(=O)CC=C3)c2c(=O)n1-c1ccccc1.Cc1nn2cccnc2c1C(=O)N[C@@H](C)c1cc2cccc(C#Cc3ccccn3)c2c(=O)n1-c1ccccc1.Cc1nn2cccnc2c1C(=O)N[C@@H](C)c1cc2cccc(C#Cc3ccn(C)n3)c2c(=O)n1-c1ccccc1. The highest BCUT2D eigenvalue weighted by Crippen LogP contribution is 2.30. The van der Waals surface area contributed by atoms with Crippen molar-refractivity contribution >= 4 is 72.8 Å². The Bertz CT molecular complexity index is 7470. The zero-order valence-electron chi connectivity index (χ0n) is 66.5. The molecule has 0 bridgehead atoms. The number of amides is 3. The van der Waals surface area contributed by atoms with E-state index in [0.29, 0.717) is 146 Å². The number of aromatic nitrogens is 15. The number of carbonyl (C=O) groups is 4. The molecular weight excluding hydrogens is 1520 g/mol. The predicted octanol–water partition coefficient (Wildman–Crippen LogP) is 13.2. The van der Waals surface area contributed by atoms with Gasteiger partial charge in [0.1, 0.15) is 28.1 Å². The number of rotatable bonds is 12. The van der Waals surface area contributed by atoms with Crippen molar-refractivity contribution in [2.24, 2.45) is 7.05 Å². The maximum Gasteiger partial charge on any atom is 0.264 e. The molecule has 3 atom stereocenters. The third-order valence-corrected chi connectivity index (χ3v) is 20.3. The number of hydrogen-bond acceptors (Lipinski definition) is 15. The number of fused-ring (bicyclic) bond motifs is 6. The van der Waals surface area contributed by atoms with Crippen LogP contribution in [0.15, 0.2) is 294 Å². The molecule has 25 heteroatoms. The molecule has 0 aliphatic heterocycles. The second kappa shape index (κ2) is 34.1. The molecule has 590 valence electrons. The lowest BCUT2D eigenvalue weighted by Gasteiger charge is -2.21. The highest BCUT2D eigenvalue weighted by Gasteiger charge is 2.28. The van der Waals surface area contributed by atoms with Crippen molar-refractivity contribution in [2.45, 2.75) is 66.1 Å². The molecule has 17 aromatic rings. The first-order valence-corrected chi connectivity index (χ1v) is 38.7. The fourth-order valence-electron chi connectivity index (χ4n) is 14.7. The summed E-state index contributed by atoms with van der Waals surface area (Å²) >= 11 is 0. The molecule has 1 aliphatic rings. The van der Waals surface area contributed by atoms with Crippen LogP contribution < -0.4 is 32.6 Å². The van der Waals surface area contributed by atoms with Crippen molar-refractivity contribution in [3.8, 4) is 52.6 Å². The predicted molar refractivity (Wildman–Crippen MR) is 463 cm³/mol. The van der Waals surface area contributed by atoms with Crippen molar-refractivity contribution in [3.63, 3.8) is 0 Å². The minimum atomic E-state index is -0.545. The molecule has 1 aliphatic carbocycles. The van der Waals surface area contributed by atoms with Crippen LogP contribution in [0.1, 0.15) is 139 Å². The topological polar surface area (TPSA) is 292 Å². The van der Waals surface area contributed by atoms with Gasteiger partial charge in [-0.3, -0.25) is 51.9 Å². The summed E-state index contributed by atoms with van der Waals surface area (Å²) in [6.07, 6.45) is 19.1. The van der Waals surface area contributed by atoms with Gasteiger partial charge in [0, 0.05) is 119 Å². The Labute approximate surface area is 691 Å². The van der Waals surface area contributed by atoms with Crippen molar-refractivity contribution < 1.29 is 19.2 Å². The van der Waals surface area contributed by atoms with Gasteiger partial charge < -0.3 is 16.0 Å². The zero-order chi connectivity index (χ0) is 84.0. The lowest BCUT2D eigenvalue weighted by Crippen LogP contribution is -2.32. The number of aryl methyl sites for hydroxylation is 4. The van der Waals surface area contributed by atoms with Crippen LogP contribution in [0.4, 0.5) is 0 Å². The van der Waals surface area contributed by atoms with Gasteiger partial charge in [-0.05, 0) is 191 Å². The van der Waals surface area contributed by atoms with Gasteiger partial charge in [0.2, 0.25) is 0 Å². The largest absolute Gasteiger partial charge is 0.344 e. The fraction of sp³-hybridized carbons (Fsp3) is 0.115. The Morgan fingerprint density at radius 1 is 0.380 bits per heavy atom. The monoisotopic (exact) mass is 1590 g/mol. The van der Waals surface area contributed by atoms with E-state index in [9.17, 15) is 33.6 Å².